The molecule has 0 radical (unpaired) electrons. The number of nitrogens with zero attached hydrogens (tertiary/aromatic N) is 4. The number of carbonyl (C=O) groups excluding carboxylic acids is 1. The largest absolute Gasteiger partial charge is 0.354 e. The van der Waals surface area contributed by atoms with Crippen molar-refractivity contribution >= 4 is 11.8 Å². The fourth-order valence-corrected chi connectivity index (χ4v) is 4.65. The molecule has 1 aromatic carbocycles. The number of nitrogens with one attached hydrogen (secondary N) is 2. The minimum absolute atomic E-state index is 0.231. The summed E-state index contributed by atoms with van der Waals surface area (Å²) >= 11 is 0. The standard InChI is InChI=1S/C22H29N7O2/c23-18-14-27(15-22(18)6-7-22)13-16-1-3-17(4-2-16)29-10-5-19(26-21(29)31)25-20(30)28-11-8-24-9-12-28/h1-5,10,18,24H,6-9,11-15,23H2,(H,25,26,30,31)/t18-/m0/s1. The van der Waals surface area contributed by atoms with Gasteiger partial charge in [-0.25, -0.2) is 9.59 Å². The zero-order valence-electron chi connectivity index (χ0n) is 17.6. The molecule has 1 atom stereocenters. The van der Waals surface area contributed by atoms with E-state index >= 15 is 0 Å². The third-order valence-corrected chi connectivity index (χ3v) is 6.74. The van der Waals surface area contributed by atoms with Crippen LogP contribution in [0.25, 0.3) is 5.69 Å². The lowest BCUT2D eigenvalue weighted by atomic mass is 10.0. The molecule has 2 aromatic rings. The van der Waals surface area contributed by atoms with Crippen molar-refractivity contribution in [3.63, 3.8) is 0 Å². The van der Waals surface area contributed by atoms with Gasteiger partial charge in [0.15, 0.2) is 0 Å². The molecule has 4 N–H and O–H groups in total. The van der Waals surface area contributed by atoms with Gasteiger partial charge in [-0.05, 0) is 42.0 Å². The Labute approximate surface area is 181 Å². The molecule has 1 aromatic heterocycles. The van der Waals surface area contributed by atoms with E-state index in [-0.39, 0.29) is 11.8 Å². The van der Waals surface area contributed by atoms with Gasteiger partial charge in [-0.3, -0.25) is 14.8 Å². The number of nitrogens with two attached hydrogens (primary N) is 1. The Morgan fingerprint density at radius 3 is 2.58 bits per heavy atom. The Morgan fingerprint density at radius 1 is 1.19 bits per heavy atom. The number of likely N-dealkylation sites (tertiary alicyclic amines) is 1. The number of piperazine rings is 1. The molecule has 3 fully saturated rings. The minimum atomic E-state index is -0.424. The average molecular weight is 424 g/mol. The molecule has 3 aliphatic rings. The first-order valence-corrected chi connectivity index (χ1v) is 11.0. The average Bonchev–Trinajstić information content (AvgIpc) is 3.49. The van der Waals surface area contributed by atoms with Crippen LogP contribution in [0.3, 0.4) is 0 Å². The van der Waals surface area contributed by atoms with E-state index in [1.807, 2.05) is 24.3 Å². The highest BCUT2D eigenvalue weighted by atomic mass is 16.2. The van der Waals surface area contributed by atoms with Gasteiger partial charge in [0.25, 0.3) is 0 Å². The highest BCUT2D eigenvalue weighted by molar-refractivity contribution is 5.88. The molecule has 31 heavy (non-hydrogen) atoms. The molecule has 2 amide bonds. The van der Waals surface area contributed by atoms with Crippen LogP contribution in [0.4, 0.5) is 10.6 Å². The molecule has 0 bridgehead atoms. The summed E-state index contributed by atoms with van der Waals surface area (Å²) in [5.41, 5.74) is 8.21. The maximum atomic E-state index is 12.5. The summed E-state index contributed by atoms with van der Waals surface area (Å²) in [7, 11) is 0. The molecule has 0 unspecified atom stereocenters. The van der Waals surface area contributed by atoms with Crippen LogP contribution in [0.1, 0.15) is 18.4 Å². The lowest BCUT2D eigenvalue weighted by molar-refractivity contribution is 0.204. The van der Waals surface area contributed by atoms with E-state index in [1.165, 1.54) is 23.0 Å². The van der Waals surface area contributed by atoms with E-state index in [0.717, 1.165) is 38.4 Å². The predicted octanol–water partition coefficient (Wildman–Crippen LogP) is 0.593. The highest BCUT2D eigenvalue weighted by Gasteiger charge is 2.53. The van der Waals surface area contributed by atoms with Crippen LogP contribution in [0.15, 0.2) is 41.3 Å². The Kier molecular flexibility index (Phi) is 5.25. The van der Waals surface area contributed by atoms with Crippen molar-refractivity contribution in [1.82, 2.24) is 24.7 Å². The topological polar surface area (TPSA) is 109 Å². The van der Waals surface area contributed by atoms with Crippen molar-refractivity contribution in [2.75, 3.05) is 44.6 Å². The molecular weight excluding hydrogens is 394 g/mol. The van der Waals surface area contributed by atoms with Gasteiger partial charge in [0.05, 0.1) is 5.69 Å². The number of aromatic nitrogens is 2. The van der Waals surface area contributed by atoms with Gasteiger partial charge in [-0.2, -0.15) is 4.98 Å². The van der Waals surface area contributed by atoms with Gasteiger partial charge in [0.1, 0.15) is 5.82 Å². The Hall–Kier alpha value is -2.75. The molecular formula is C22H29N7O2. The number of hydrogen-bond donors (Lipinski definition) is 3. The quantitative estimate of drug-likeness (QED) is 0.664. The van der Waals surface area contributed by atoms with Crippen molar-refractivity contribution in [2.24, 2.45) is 11.1 Å². The maximum Gasteiger partial charge on any atom is 0.354 e. The van der Waals surface area contributed by atoms with Crippen LogP contribution in [-0.2, 0) is 6.54 Å². The molecule has 1 aliphatic carbocycles. The zero-order valence-corrected chi connectivity index (χ0v) is 17.6. The third-order valence-electron chi connectivity index (χ3n) is 6.74. The van der Waals surface area contributed by atoms with Crippen LogP contribution in [0.2, 0.25) is 0 Å². The molecule has 1 saturated carbocycles. The maximum absolute atomic E-state index is 12.5. The molecule has 9 heteroatoms. The molecule has 9 nitrogen and oxygen atoms in total. The first-order valence-electron chi connectivity index (χ1n) is 11.0. The SMILES string of the molecule is N[C@H]1CN(Cc2ccc(-n3ccc(NC(=O)N4CCNCC4)nc3=O)cc2)CC12CC2. The van der Waals surface area contributed by atoms with E-state index in [9.17, 15) is 9.59 Å². The number of rotatable bonds is 4. The second-order valence-corrected chi connectivity index (χ2v) is 8.94. The van der Waals surface area contributed by atoms with Crippen LogP contribution < -0.4 is 22.1 Å². The monoisotopic (exact) mass is 423 g/mol. The van der Waals surface area contributed by atoms with Crippen LogP contribution >= 0.6 is 0 Å². The Balaban J connectivity index is 1.23. The highest BCUT2D eigenvalue weighted by Crippen LogP contribution is 2.52. The summed E-state index contributed by atoms with van der Waals surface area (Å²) in [5.74, 6) is 0.265. The van der Waals surface area contributed by atoms with E-state index in [4.69, 9.17) is 5.73 Å². The van der Waals surface area contributed by atoms with Crippen molar-refractivity contribution < 1.29 is 4.79 Å². The number of amides is 2. The van der Waals surface area contributed by atoms with E-state index in [0.29, 0.717) is 24.5 Å². The van der Waals surface area contributed by atoms with Crippen molar-refractivity contribution in [3.05, 3.63) is 52.6 Å². The third kappa shape index (κ3) is 4.21. The second-order valence-electron chi connectivity index (χ2n) is 8.94. The first-order chi connectivity index (χ1) is 15.0. The molecule has 164 valence electrons. The minimum Gasteiger partial charge on any atom is -0.326 e. The summed E-state index contributed by atoms with van der Waals surface area (Å²) in [4.78, 5) is 33.0. The number of urea groups is 1. The summed E-state index contributed by atoms with van der Waals surface area (Å²) in [5, 5.41) is 5.92. The van der Waals surface area contributed by atoms with Crippen LogP contribution in [-0.4, -0.2) is 70.7 Å². The lowest BCUT2D eigenvalue weighted by Gasteiger charge is -2.27. The predicted molar refractivity (Wildman–Crippen MR) is 118 cm³/mol. The normalized spacial score (nSPS) is 22.6. The second kappa shape index (κ2) is 8.07. The van der Waals surface area contributed by atoms with Gasteiger partial charge in [-0.15, -0.1) is 0 Å². The number of benzene rings is 1. The van der Waals surface area contributed by atoms with Gasteiger partial charge < -0.3 is 16.0 Å². The first kappa shape index (κ1) is 20.2. The Bertz CT molecular complexity index is 1010. The summed E-state index contributed by atoms with van der Waals surface area (Å²) in [6.45, 7) is 5.72. The number of carbonyl (C=O) groups is 1. The summed E-state index contributed by atoms with van der Waals surface area (Å²) in [6.07, 6.45) is 4.16. The summed E-state index contributed by atoms with van der Waals surface area (Å²) < 4.78 is 1.48. The van der Waals surface area contributed by atoms with Crippen molar-refractivity contribution in [3.8, 4) is 5.69 Å². The number of hydrogen-bond acceptors (Lipinski definition) is 6. The molecule has 1 spiro atoms. The fourth-order valence-electron chi connectivity index (χ4n) is 4.65. The van der Waals surface area contributed by atoms with E-state index in [1.54, 1.807) is 17.2 Å². The van der Waals surface area contributed by atoms with Crippen LogP contribution in [0.5, 0.6) is 0 Å². The van der Waals surface area contributed by atoms with Gasteiger partial charge in [0.2, 0.25) is 0 Å². The van der Waals surface area contributed by atoms with Gasteiger partial charge in [0, 0.05) is 58.1 Å². The van der Waals surface area contributed by atoms with Gasteiger partial charge >= 0.3 is 11.7 Å². The molecule has 2 saturated heterocycles. The zero-order chi connectivity index (χ0) is 21.4. The van der Waals surface area contributed by atoms with Crippen molar-refractivity contribution in [2.45, 2.75) is 25.4 Å². The molecule has 3 heterocycles. The lowest BCUT2D eigenvalue weighted by Crippen LogP contribution is -2.48. The fraction of sp³-hybridized carbons (Fsp3) is 0.500. The number of anilines is 1. The van der Waals surface area contributed by atoms with Crippen molar-refractivity contribution in [1.29, 1.82) is 0 Å². The van der Waals surface area contributed by atoms with Gasteiger partial charge in [-0.1, -0.05) is 12.1 Å². The Morgan fingerprint density at radius 2 is 1.94 bits per heavy atom. The van der Waals surface area contributed by atoms with E-state index in [2.05, 4.69) is 20.5 Å². The molecule has 5 rings (SSSR count). The van der Waals surface area contributed by atoms with Crippen LogP contribution in [0, 0.1) is 5.41 Å². The molecule has 2 aliphatic heterocycles. The summed E-state index contributed by atoms with van der Waals surface area (Å²) in [6, 6.07) is 9.67. The smallest absolute Gasteiger partial charge is 0.326 e. The van der Waals surface area contributed by atoms with E-state index < -0.39 is 5.69 Å².